The molecular weight excluding hydrogens is 384 g/mol. The summed E-state index contributed by atoms with van der Waals surface area (Å²) in [5.41, 5.74) is -2.27. The Morgan fingerprint density at radius 1 is 1.10 bits per heavy atom. The summed E-state index contributed by atoms with van der Waals surface area (Å²) in [7, 11) is 1.47. The molecule has 0 radical (unpaired) electrons. The smallest absolute Gasteiger partial charge is 0.334 e. The lowest BCUT2D eigenvalue weighted by molar-refractivity contribution is -0.135. The van der Waals surface area contributed by atoms with Crippen molar-refractivity contribution in [3.63, 3.8) is 0 Å². The molecule has 0 bridgehead atoms. The molecule has 2 N–H and O–H groups in total. The Balaban J connectivity index is 3.06. The van der Waals surface area contributed by atoms with Crippen LogP contribution >= 0.6 is 0 Å². The maximum atomic E-state index is 15.0. The van der Waals surface area contributed by atoms with Crippen LogP contribution in [0.4, 0.5) is 8.78 Å². The Morgan fingerprint density at radius 3 is 2.03 bits per heavy atom. The summed E-state index contributed by atoms with van der Waals surface area (Å²) >= 11 is 0. The number of aliphatic carboxylic acids is 2. The predicted molar refractivity (Wildman–Crippen MR) is 102 cm³/mol. The number of allylic oxidation sites excluding steroid dienone is 2. The SMILES string of the molecule is COCCN1C(C)=C(C(=O)O)C(c2cccc(F)c2F)(C(C)C)C(C(=O)O)=C1C. The topological polar surface area (TPSA) is 87.1 Å². The van der Waals surface area contributed by atoms with Gasteiger partial charge in [-0.15, -0.1) is 0 Å². The lowest BCUT2D eigenvalue weighted by Crippen LogP contribution is -2.49. The number of hydrogen-bond donors (Lipinski definition) is 2. The zero-order chi connectivity index (χ0) is 22.1. The van der Waals surface area contributed by atoms with Crippen LogP contribution in [-0.4, -0.2) is 47.3 Å². The number of carboxylic acid groups (broad SMARTS) is 2. The van der Waals surface area contributed by atoms with Crippen LogP contribution in [0.1, 0.15) is 33.3 Å². The Bertz CT molecular complexity index is 866. The first-order valence-electron chi connectivity index (χ1n) is 9.13. The molecule has 1 heterocycles. The van der Waals surface area contributed by atoms with Crippen molar-refractivity contribution in [2.75, 3.05) is 20.3 Å². The molecule has 6 nitrogen and oxygen atoms in total. The number of methoxy groups -OCH3 is 1. The molecule has 0 unspecified atom stereocenters. The molecule has 0 spiro atoms. The third kappa shape index (κ3) is 3.42. The highest BCUT2D eigenvalue weighted by atomic mass is 19.2. The van der Waals surface area contributed by atoms with Crippen LogP contribution in [0.2, 0.25) is 0 Å². The summed E-state index contributed by atoms with van der Waals surface area (Å²) in [6.45, 7) is 6.70. The van der Waals surface area contributed by atoms with Gasteiger partial charge in [0.25, 0.3) is 0 Å². The molecule has 2 rings (SSSR count). The second kappa shape index (κ2) is 8.32. The van der Waals surface area contributed by atoms with Crippen molar-refractivity contribution in [1.82, 2.24) is 4.90 Å². The van der Waals surface area contributed by atoms with Crippen LogP contribution < -0.4 is 0 Å². The summed E-state index contributed by atoms with van der Waals surface area (Å²) < 4.78 is 34.2. The average Bonchev–Trinajstić information content (AvgIpc) is 2.62. The third-order valence-electron chi connectivity index (χ3n) is 5.51. The number of nitrogens with zero attached hydrogens (tertiary/aromatic N) is 1. The molecule has 158 valence electrons. The monoisotopic (exact) mass is 409 g/mol. The van der Waals surface area contributed by atoms with Gasteiger partial charge < -0.3 is 19.8 Å². The minimum absolute atomic E-state index is 0.210. The fourth-order valence-corrected chi connectivity index (χ4v) is 4.35. The zero-order valence-electron chi connectivity index (χ0n) is 17.0. The largest absolute Gasteiger partial charge is 0.478 e. The predicted octanol–water partition coefficient (Wildman–Crippen LogP) is 3.54. The molecular formula is C21H25F2NO5. The van der Waals surface area contributed by atoms with E-state index in [1.807, 2.05) is 0 Å². The van der Waals surface area contributed by atoms with Gasteiger partial charge in [0.05, 0.1) is 23.2 Å². The summed E-state index contributed by atoms with van der Waals surface area (Å²) in [5.74, 6) is -5.92. The van der Waals surface area contributed by atoms with Crippen LogP contribution in [0, 0.1) is 17.6 Å². The van der Waals surface area contributed by atoms with Crippen molar-refractivity contribution in [3.8, 4) is 0 Å². The highest BCUT2D eigenvalue weighted by Crippen LogP contribution is 2.52. The number of carbonyl (C=O) groups is 2. The maximum Gasteiger partial charge on any atom is 0.334 e. The van der Waals surface area contributed by atoms with E-state index in [4.69, 9.17) is 4.74 Å². The van der Waals surface area contributed by atoms with Gasteiger partial charge in [-0.3, -0.25) is 0 Å². The molecule has 0 amide bonds. The standard InChI is InChI=1S/C21H25F2NO5/c1-11(2)21(14-7-6-8-15(22)18(14)23)16(19(25)26)12(3)24(9-10-29-5)13(4)17(21)20(27)28/h6-8,11H,9-10H2,1-5H3,(H,25,26)(H,27,28). The first-order valence-corrected chi connectivity index (χ1v) is 9.13. The van der Waals surface area contributed by atoms with Crippen molar-refractivity contribution in [1.29, 1.82) is 0 Å². The number of ether oxygens (including phenoxy) is 1. The van der Waals surface area contributed by atoms with E-state index < -0.39 is 34.9 Å². The Labute approximate surface area is 168 Å². The van der Waals surface area contributed by atoms with Crippen LogP contribution in [-0.2, 0) is 19.7 Å². The first-order chi connectivity index (χ1) is 13.5. The summed E-state index contributed by atoms with van der Waals surface area (Å²) in [5, 5.41) is 20.2. The Morgan fingerprint density at radius 2 is 1.62 bits per heavy atom. The number of halogens is 2. The molecule has 1 aliphatic heterocycles. The Hall–Kier alpha value is -2.74. The second-order valence-corrected chi connectivity index (χ2v) is 7.24. The summed E-state index contributed by atoms with van der Waals surface area (Å²) in [4.78, 5) is 26.3. The van der Waals surface area contributed by atoms with Crippen molar-refractivity contribution in [2.24, 2.45) is 5.92 Å². The first kappa shape index (κ1) is 22.5. The van der Waals surface area contributed by atoms with E-state index in [-0.39, 0.29) is 41.3 Å². The van der Waals surface area contributed by atoms with Gasteiger partial charge in [0.1, 0.15) is 0 Å². The van der Waals surface area contributed by atoms with Gasteiger partial charge >= 0.3 is 11.9 Å². The van der Waals surface area contributed by atoms with Gasteiger partial charge in [0.15, 0.2) is 11.6 Å². The van der Waals surface area contributed by atoms with Gasteiger partial charge in [-0.05, 0) is 25.8 Å². The van der Waals surface area contributed by atoms with Gasteiger partial charge in [0, 0.05) is 30.6 Å². The highest BCUT2D eigenvalue weighted by molar-refractivity contribution is 6.00. The van der Waals surface area contributed by atoms with Crippen LogP contribution in [0.5, 0.6) is 0 Å². The quantitative estimate of drug-likeness (QED) is 0.716. The van der Waals surface area contributed by atoms with Crippen LogP contribution in [0.15, 0.2) is 40.7 Å². The normalized spacial score (nSPS) is 16.6. The van der Waals surface area contributed by atoms with Gasteiger partial charge in [0.2, 0.25) is 0 Å². The average molecular weight is 409 g/mol. The number of carboxylic acids is 2. The third-order valence-corrected chi connectivity index (χ3v) is 5.51. The molecule has 29 heavy (non-hydrogen) atoms. The zero-order valence-corrected chi connectivity index (χ0v) is 17.0. The minimum atomic E-state index is -1.89. The fourth-order valence-electron chi connectivity index (χ4n) is 4.35. The molecule has 1 aromatic carbocycles. The number of rotatable bonds is 7. The van der Waals surface area contributed by atoms with E-state index in [0.29, 0.717) is 0 Å². The van der Waals surface area contributed by atoms with E-state index in [2.05, 4.69) is 0 Å². The van der Waals surface area contributed by atoms with Gasteiger partial charge in [-0.1, -0.05) is 26.0 Å². The molecule has 0 saturated heterocycles. The van der Waals surface area contributed by atoms with Crippen molar-refractivity contribution in [2.45, 2.75) is 33.1 Å². The Kier molecular flexibility index (Phi) is 6.47. The van der Waals surface area contributed by atoms with Crippen LogP contribution in [0.25, 0.3) is 0 Å². The molecule has 1 aromatic rings. The minimum Gasteiger partial charge on any atom is -0.478 e. The molecule has 1 aliphatic rings. The van der Waals surface area contributed by atoms with Crippen molar-refractivity contribution in [3.05, 3.63) is 57.9 Å². The number of hydrogen-bond acceptors (Lipinski definition) is 4. The van der Waals surface area contributed by atoms with Crippen molar-refractivity contribution >= 4 is 11.9 Å². The van der Waals surface area contributed by atoms with E-state index in [1.54, 1.807) is 13.8 Å². The molecule has 0 atom stereocenters. The molecule has 0 aliphatic carbocycles. The van der Waals surface area contributed by atoms with Crippen molar-refractivity contribution < 1.29 is 33.3 Å². The molecule has 0 saturated carbocycles. The van der Waals surface area contributed by atoms with E-state index in [9.17, 15) is 28.6 Å². The fraction of sp³-hybridized carbons (Fsp3) is 0.429. The van der Waals surface area contributed by atoms with Gasteiger partial charge in [-0.25, -0.2) is 18.4 Å². The lowest BCUT2D eigenvalue weighted by atomic mass is 9.59. The van der Waals surface area contributed by atoms with Gasteiger partial charge in [-0.2, -0.15) is 0 Å². The second-order valence-electron chi connectivity index (χ2n) is 7.24. The number of benzene rings is 1. The highest BCUT2D eigenvalue weighted by Gasteiger charge is 2.55. The molecule has 0 fully saturated rings. The summed E-state index contributed by atoms with van der Waals surface area (Å²) in [6.07, 6.45) is 0. The van der Waals surface area contributed by atoms with E-state index >= 15 is 0 Å². The summed E-state index contributed by atoms with van der Waals surface area (Å²) in [6, 6.07) is 3.41. The lowest BCUT2D eigenvalue weighted by Gasteiger charge is -2.47. The van der Waals surface area contributed by atoms with E-state index in [0.717, 1.165) is 6.07 Å². The van der Waals surface area contributed by atoms with E-state index in [1.165, 1.54) is 38.0 Å². The maximum absolute atomic E-state index is 15.0. The van der Waals surface area contributed by atoms with Crippen LogP contribution in [0.3, 0.4) is 0 Å². The molecule has 0 aromatic heterocycles. The molecule has 8 heteroatoms.